The normalized spacial score (nSPS) is 12.5. The van der Waals surface area contributed by atoms with Crippen LogP contribution in [-0.4, -0.2) is 24.0 Å². The minimum Gasteiger partial charge on any atom is -0.370 e. The number of carbonyl (C=O) groups excluding carboxylic acids is 1. The molecule has 0 aliphatic carbocycles. The van der Waals surface area contributed by atoms with E-state index in [2.05, 4.69) is 15.6 Å². The van der Waals surface area contributed by atoms with Crippen LogP contribution in [0.5, 0.6) is 0 Å². The first kappa shape index (κ1) is 18.7. The van der Waals surface area contributed by atoms with Gasteiger partial charge in [0.25, 0.3) is 0 Å². The fourth-order valence-electron chi connectivity index (χ4n) is 2.12. The van der Waals surface area contributed by atoms with Crippen LogP contribution >= 0.6 is 0 Å². The predicted octanol–water partition coefficient (Wildman–Crippen LogP) is 2.72. The monoisotopic (exact) mass is 352 g/mol. The Morgan fingerprint density at radius 3 is 2.44 bits per heavy atom. The number of carbonyl (C=O) groups is 1. The molecule has 1 heterocycles. The minimum absolute atomic E-state index is 0.331. The molecule has 8 heteroatoms. The predicted molar refractivity (Wildman–Crippen MR) is 88.7 cm³/mol. The third-order valence-corrected chi connectivity index (χ3v) is 3.50. The van der Waals surface area contributed by atoms with Gasteiger partial charge in [-0.2, -0.15) is 13.2 Å². The smallest absolute Gasteiger partial charge is 0.370 e. The molecule has 1 amide bonds. The molecule has 0 radical (unpaired) electrons. The number of pyridine rings is 1. The number of rotatable bonds is 7. The maximum absolute atomic E-state index is 12.5. The van der Waals surface area contributed by atoms with Crippen LogP contribution in [0.1, 0.15) is 23.6 Å². The highest BCUT2D eigenvalue weighted by Gasteiger charge is 2.30. The van der Waals surface area contributed by atoms with E-state index in [9.17, 15) is 18.0 Å². The number of nitrogens with one attached hydrogen (secondary N) is 2. The first-order valence-corrected chi connectivity index (χ1v) is 7.73. The van der Waals surface area contributed by atoms with Crippen molar-refractivity contribution < 1.29 is 18.0 Å². The molecule has 2 rings (SSSR count). The molecule has 1 aromatic carbocycles. The van der Waals surface area contributed by atoms with Crippen molar-refractivity contribution in [1.82, 2.24) is 10.3 Å². The average molecular weight is 352 g/mol. The Labute approximate surface area is 143 Å². The van der Waals surface area contributed by atoms with Gasteiger partial charge in [-0.3, -0.25) is 4.79 Å². The molecule has 0 aliphatic heterocycles. The lowest BCUT2D eigenvalue weighted by atomic mass is 10.0. The zero-order chi connectivity index (χ0) is 18.3. The zero-order valence-electron chi connectivity index (χ0n) is 13.4. The van der Waals surface area contributed by atoms with Gasteiger partial charge in [-0.05, 0) is 36.2 Å². The van der Waals surface area contributed by atoms with E-state index in [-0.39, 0.29) is 0 Å². The number of aromatic nitrogens is 1. The van der Waals surface area contributed by atoms with Crippen molar-refractivity contribution in [3.63, 3.8) is 0 Å². The van der Waals surface area contributed by atoms with E-state index in [0.29, 0.717) is 25.1 Å². The molecule has 0 fully saturated rings. The molecule has 4 N–H and O–H groups in total. The second kappa shape index (κ2) is 8.48. The number of alkyl halides is 3. The Kier molecular flexibility index (Phi) is 6.35. The summed E-state index contributed by atoms with van der Waals surface area (Å²) >= 11 is 0. The van der Waals surface area contributed by atoms with Gasteiger partial charge in [-0.15, -0.1) is 0 Å². The standard InChI is InChI=1S/C17H19F3N4O/c18-17(19,20)13-7-5-12(6-8-13)15(21)16(25)24-11-3-10-23-14-4-1-2-9-22-14/h1-2,4-9,15H,3,10-11,21H2,(H,22,23)(H,24,25). The van der Waals surface area contributed by atoms with E-state index < -0.39 is 23.7 Å². The van der Waals surface area contributed by atoms with Crippen molar-refractivity contribution in [3.8, 4) is 0 Å². The molecule has 0 aliphatic rings. The molecule has 134 valence electrons. The summed E-state index contributed by atoms with van der Waals surface area (Å²) in [6.45, 7) is 1.01. The number of hydrogen-bond donors (Lipinski definition) is 3. The number of amides is 1. The summed E-state index contributed by atoms with van der Waals surface area (Å²) in [6, 6.07) is 8.77. The molecule has 0 saturated heterocycles. The van der Waals surface area contributed by atoms with Gasteiger partial charge in [0.1, 0.15) is 11.9 Å². The number of nitrogens with zero attached hydrogens (tertiary/aromatic N) is 1. The Balaban J connectivity index is 1.74. The van der Waals surface area contributed by atoms with Gasteiger partial charge < -0.3 is 16.4 Å². The van der Waals surface area contributed by atoms with Crippen LogP contribution in [0.3, 0.4) is 0 Å². The minimum atomic E-state index is -4.41. The summed E-state index contributed by atoms with van der Waals surface area (Å²) in [4.78, 5) is 16.1. The third-order valence-electron chi connectivity index (χ3n) is 3.50. The van der Waals surface area contributed by atoms with Crippen LogP contribution in [0, 0.1) is 0 Å². The summed E-state index contributed by atoms with van der Waals surface area (Å²) < 4.78 is 37.6. The number of nitrogens with two attached hydrogens (primary N) is 1. The van der Waals surface area contributed by atoms with Crippen LogP contribution in [0.4, 0.5) is 19.0 Å². The van der Waals surface area contributed by atoms with Crippen molar-refractivity contribution in [3.05, 3.63) is 59.8 Å². The maximum Gasteiger partial charge on any atom is 0.416 e. The maximum atomic E-state index is 12.5. The largest absolute Gasteiger partial charge is 0.416 e. The Morgan fingerprint density at radius 2 is 1.84 bits per heavy atom. The topological polar surface area (TPSA) is 80.0 Å². The Bertz CT molecular complexity index is 675. The van der Waals surface area contributed by atoms with Crippen molar-refractivity contribution in [2.24, 2.45) is 5.73 Å². The van der Waals surface area contributed by atoms with E-state index in [4.69, 9.17) is 5.73 Å². The molecule has 1 unspecified atom stereocenters. The average Bonchev–Trinajstić information content (AvgIpc) is 2.61. The van der Waals surface area contributed by atoms with Crippen molar-refractivity contribution in [2.75, 3.05) is 18.4 Å². The molecular weight excluding hydrogens is 333 g/mol. The fourth-order valence-corrected chi connectivity index (χ4v) is 2.12. The second-order valence-electron chi connectivity index (χ2n) is 5.38. The van der Waals surface area contributed by atoms with Gasteiger partial charge in [-0.1, -0.05) is 18.2 Å². The second-order valence-corrected chi connectivity index (χ2v) is 5.38. The lowest BCUT2D eigenvalue weighted by Gasteiger charge is -2.14. The molecule has 1 aromatic heterocycles. The van der Waals surface area contributed by atoms with Crippen LogP contribution in [0.15, 0.2) is 48.7 Å². The van der Waals surface area contributed by atoms with Gasteiger partial charge >= 0.3 is 6.18 Å². The first-order valence-electron chi connectivity index (χ1n) is 7.73. The SMILES string of the molecule is NC(C(=O)NCCCNc1ccccn1)c1ccc(C(F)(F)F)cc1. The third kappa shape index (κ3) is 5.75. The van der Waals surface area contributed by atoms with E-state index in [0.717, 1.165) is 18.0 Å². The number of halogens is 3. The number of benzene rings is 1. The van der Waals surface area contributed by atoms with Gasteiger partial charge in [0.2, 0.25) is 5.91 Å². The quantitative estimate of drug-likeness (QED) is 0.670. The van der Waals surface area contributed by atoms with Gasteiger partial charge in [0.05, 0.1) is 5.56 Å². The highest BCUT2D eigenvalue weighted by atomic mass is 19.4. The van der Waals surface area contributed by atoms with Crippen LogP contribution in [0.2, 0.25) is 0 Å². The first-order chi connectivity index (χ1) is 11.9. The van der Waals surface area contributed by atoms with Crippen LogP contribution in [0.25, 0.3) is 0 Å². The number of hydrogen-bond acceptors (Lipinski definition) is 4. The lowest BCUT2D eigenvalue weighted by molar-refractivity contribution is -0.137. The summed E-state index contributed by atoms with van der Waals surface area (Å²) in [6.07, 6.45) is -2.08. The van der Waals surface area contributed by atoms with Crippen LogP contribution in [-0.2, 0) is 11.0 Å². The Hall–Kier alpha value is -2.61. The summed E-state index contributed by atoms with van der Waals surface area (Å²) in [5, 5.41) is 5.76. The van der Waals surface area contributed by atoms with Crippen molar-refractivity contribution >= 4 is 11.7 Å². The van der Waals surface area contributed by atoms with Gasteiger partial charge in [-0.25, -0.2) is 4.98 Å². The molecule has 25 heavy (non-hydrogen) atoms. The zero-order valence-corrected chi connectivity index (χ0v) is 13.4. The fraction of sp³-hybridized carbons (Fsp3) is 0.294. The van der Waals surface area contributed by atoms with Gasteiger partial charge in [0, 0.05) is 19.3 Å². The van der Waals surface area contributed by atoms with Crippen LogP contribution < -0.4 is 16.4 Å². The summed E-state index contributed by atoms with van der Waals surface area (Å²) in [7, 11) is 0. The van der Waals surface area contributed by atoms with Crippen molar-refractivity contribution in [2.45, 2.75) is 18.6 Å². The highest BCUT2D eigenvalue weighted by molar-refractivity contribution is 5.82. The molecule has 1 atom stereocenters. The molecular formula is C17H19F3N4O. The van der Waals surface area contributed by atoms with E-state index in [1.165, 1.54) is 12.1 Å². The van der Waals surface area contributed by atoms with E-state index >= 15 is 0 Å². The molecule has 0 bridgehead atoms. The molecule has 2 aromatic rings. The Morgan fingerprint density at radius 1 is 1.12 bits per heavy atom. The molecule has 5 nitrogen and oxygen atoms in total. The summed E-state index contributed by atoms with van der Waals surface area (Å²) in [5.74, 6) is 0.313. The van der Waals surface area contributed by atoms with Crippen molar-refractivity contribution in [1.29, 1.82) is 0 Å². The molecule has 0 saturated carbocycles. The lowest BCUT2D eigenvalue weighted by Crippen LogP contribution is -2.35. The highest BCUT2D eigenvalue weighted by Crippen LogP contribution is 2.29. The van der Waals surface area contributed by atoms with E-state index in [1.807, 2.05) is 18.2 Å². The van der Waals surface area contributed by atoms with Gasteiger partial charge in [0.15, 0.2) is 0 Å². The van der Waals surface area contributed by atoms with E-state index in [1.54, 1.807) is 6.20 Å². The summed E-state index contributed by atoms with van der Waals surface area (Å²) in [5.41, 5.74) is 5.34. The molecule has 0 spiro atoms. The number of anilines is 1.